The predicted octanol–water partition coefficient (Wildman–Crippen LogP) is 2.93. The first kappa shape index (κ1) is 18.9. The summed E-state index contributed by atoms with van der Waals surface area (Å²) in [4.78, 5) is 23.8. The van der Waals surface area contributed by atoms with E-state index in [9.17, 15) is 4.79 Å². The summed E-state index contributed by atoms with van der Waals surface area (Å²) in [7, 11) is 2.10. The summed E-state index contributed by atoms with van der Waals surface area (Å²) < 4.78 is 0. The lowest BCUT2D eigenvalue weighted by Gasteiger charge is -2.34. The van der Waals surface area contributed by atoms with E-state index in [-0.39, 0.29) is 5.91 Å². The average Bonchev–Trinajstić information content (AvgIpc) is 2.75. The topological polar surface area (TPSA) is 39.7 Å². The molecule has 5 nitrogen and oxygen atoms in total. The molecule has 0 unspecified atom stereocenters. The molecule has 2 fully saturated rings. The zero-order valence-electron chi connectivity index (χ0n) is 16.8. The van der Waals surface area contributed by atoms with Crippen LogP contribution in [0.25, 0.3) is 0 Å². The summed E-state index contributed by atoms with van der Waals surface area (Å²) in [6.07, 6.45) is 5.34. The normalized spacial score (nSPS) is 19.0. The Kier molecular flexibility index (Phi) is 5.91. The van der Waals surface area contributed by atoms with Crippen LogP contribution < -0.4 is 4.90 Å². The molecule has 5 heteroatoms. The number of likely N-dealkylation sites (N-methyl/N-ethyl adjacent to an activating group) is 1. The van der Waals surface area contributed by atoms with E-state index in [2.05, 4.69) is 52.2 Å². The number of rotatable bonds is 4. The molecule has 0 radical (unpaired) electrons. The number of benzene rings is 1. The molecule has 0 spiro atoms. The third-order valence-electron chi connectivity index (χ3n) is 6.10. The van der Waals surface area contributed by atoms with Gasteiger partial charge in [-0.1, -0.05) is 30.3 Å². The van der Waals surface area contributed by atoms with Crippen LogP contribution in [0.1, 0.15) is 28.9 Å². The Bertz CT molecular complexity index is 778. The molecule has 148 valence electrons. The number of piperidine rings is 1. The van der Waals surface area contributed by atoms with Crippen molar-refractivity contribution in [3.05, 3.63) is 59.9 Å². The fourth-order valence-corrected chi connectivity index (χ4v) is 4.25. The minimum Gasteiger partial charge on any atom is -0.371 e. The molecule has 0 atom stereocenters. The van der Waals surface area contributed by atoms with E-state index >= 15 is 0 Å². The first-order valence-corrected chi connectivity index (χ1v) is 10.4. The first-order chi connectivity index (χ1) is 13.7. The molecule has 3 heterocycles. The Morgan fingerprint density at radius 3 is 2.43 bits per heavy atom. The second kappa shape index (κ2) is 8.74. The second-order valence-corrected chi connectivity index (χ2v) is 8.11. The van der Waals surface area contributed by atoms with Crippen molar-refractivity contribution >= 4 is 11.6 Å². The maximum absolute atomic E-state index is 12.8. The monoisotopic (exact) mass is 378 g/mol. The number of aromatic nitrogens is 1. The van der Waals surface area contributed by atoms with Crippen molar-refractivity contribution in [2.24, 2.45) is 5.92 Å². The quantitative estimate of drug-likeness (QED) is 0.820. The van der Waals surface area contributed by atoms with Gasteiger partial charge in [0.05, 0.1) is 0 Å². The van der Waals surface area contributed by atoms with Crippen LogP contribution in [0, 0.1) is 5.92 Å². The van der Waals surface area contributed by atoms with Crippen molar-refractivity contribution < 1.29 is 4.79 Å². The summed E-state index contributed by atoms with van der Waals surface area (Å²) in [6, 6.07) is 14.8. The summed E-state index contributed by atoms with van der Waals surface area (Å²) in [5.41, 5.74) is 3.14. The maximum Gasteiger partial charge on any atom is 0.272 e. The molecule has 2 aliphatic heterocycles. The molecule has 4 rings (SSSR count). The number of hydrogen-bond acceptors (Lipinski definition) is 4. The van der Waals surface area contributed by atoms with Crippen LogP contribution in [-0.4, -0.2) is 67.0 Å². The van der Waals surface area contributed by atoms with Crippen LogP contribution >= 0.6 is 0 Å². The summed E-state index contributed by atoms with van der Waals surface area (Å²) in [5, 5.41) is 0. The zero-order valence-corrected chi connectivity index (χ0v) is 16.8. The molecule has 1 amide bonds. The van der Waals surface area contributed by atoms with Crippen molar-refractivity contribution in [1.82, 2.24) is 14.8 Å². The highest BCUT2D eigenvalue weighted by Crippen LogP contribution is 2.26. The molecule has 0 aliphatic carbocycles. The number of hydrogen-bond donors (Lipinski definition) is 0. The molecule has 0 N–H and O–H groups in total. The average molecular weight is 379 g/mol. The molecule has 2 aromatic rings. The SMILES string of the molecule is CN1CCN(C(=O)c2cc(N3CCC(Cc4ccccc4)CC3)ccn2)CC1. The van der Waals surface area contributed by atoms with Crippen LogP contribution in [0.15, 0.2) is 48.7 Å². The van der Waals surface area contributed by atoms with Gasteiger partial charge in [0.15, 0.2) is 0 Å². The fourth-order valence-electron chi connectivity index (χ4n) is 4.25. The van der Waals surface area contributed by atoms with E-state index in [0.717, 1.165) is 57.3 Å². The lowest BCUT2D eigenvalue weighted by molar-refractivity contribution is 0.0658. The van der Waals surface area contributed by atoms with Gasteiger partial charge in [0.25, 0.3) is 5.91 Å². The minimum absolute atomic E-state index is 0.0638. The molecular weight excluding hydrogens is 348 g/mol. The van der Waals surface area contributed by atoms with Gasteiger partial charge in [-0.2, -0.15) is 0 Å². The lowest BCUT2D eigenvalue weighted by Crippen LogP contribution is -2.47. The third kappa shape index (κ3) is 4.53. The van der Waals surface area contributed by atoms with Crippen molar-refractivity contribution in [2.75, 3.05) is 51.2 Å². The highest BCUT2D eigenvalue weighted by Gasteiger charge is 2.23. The van der Waals surface area contributed by atoms with Crippen LogP contribution in [0.3, 0.4) is 0 Å². The Balaban J connectivity index is 1.35. The Morgan fingerprint density at radius 2 is 1.71 bits per heavy atom. The summed E-state index contributed by atoms with van der Waals surface area (Å²) >= 11 is 0. The van der Waals surface area contributed by atoms with Crippen molar-refractivity contribution in [3.8, 4) is 0 Å². The molecule has 2 aliphatic rings. The van der Waals surface area contributed by atoms with Gasteiger partial charge in [-0.15, -0.1) is 0 Å². The highest BCUT2D eigenvalue weighted by molar-refractivity contribution is 5.93. The van der Waals surface area contributed by atoms with Gasteiger partial charge < -0.3 is 14.7 Å². The van der Waals surface area contributed by atoms with Crippen molar-refractivity contribution in [3.63, 3.8) is 0 Å². The number of carbonyl (C=O) groups is 1. The smallest absolute Gasteiger partial charge is 0.272 e. The largest absolute Gasteiger partial charge is 0.371 e. The van der Waals surface area contributed by atoms with Crippen LogP contribution in [0.5, 0.6) is 0 Å². The summed E-state index contributed by atoms with van der Waals surface area (Å²) in [6.45, 7) is 5.52. The number of carbonyl (C=O) groups excluding carboxylic acids is 1. The van der Waals surface area contributed by atoms with Gasteiger partial charge in [-0.05, 0) is 49.9 Å². The number of anilines is 1. The van der Waals surface area contributed by atoms with Crippen LogP contribution in [0.4, 0.5) is 5.69 Å². The van der Waals surface area contributed by atoms with E-state index in [4.69, 9.17) is 0 Å². The molecular formula is C23H30N4O. The Labute approximate surface area is 168 Å². The number of nitrogens with zero attached hydrogens (tertiary/aromatic N) is 4. The Hall–Kier alpha value is -2.40. The molecule has 2 saturated heterocycles. The standard InChI is InChI=1S/C23H30N4O/c1-25-13-15-27(16-14-25)23(28)22-18-21(7-10-24-22)26-11-8-20(9-12-26)17-19-5-3-2-4-6-19/h2-7,10,18,20H,8-9,11-17H2,1H3. The number of amides is 1. The first-order valence-electron chi connectivity index (χ1n) is 10.4. The van der Waals surface area contributed by atoms with Crippen LogP contribution in [-0.2, 0) is 6.42 Å². The molecule has 28 heavy (non-hydrogen) atoms. The molecule has 0 saturated carbocycles. The predicted molar refractivity (Wildman–Crippen MR) is 113 cm³/mol. The van der Waals surface area contributed by atoms with Gasteiger partial charge in [0.2, 0.25) is 0 Å². The Morgan fingerprint density at radius 1 is 1.00 bits per heavy atom. The number of pyridine rings is 1. The molecule has 0 bridgehead atoms. The molecule has 1 aromatic carbocycles. The lowest BCUT2D eigenvalue weighted by atomic mass is 9.90. The maximum atomic E-state index is 12.8. The fraction of sp³-hybridized carbons (Fsp3) is 0.478. The number of piperazine rings is 1. The second-order valence-electron chi connectivity index (χ2n) is 8.11. The van der Waals surface area contributed by atoms with E-state index < -0.39 is 0 Å². The van der Waals surface area contributed by atoms with Crippen LogP contribution in [0.2, 0.25) is 0 Å². The highest BCUT2D eigenvalue weighted by atomic mass is 16.2. The van der Waals surface area contributed by atoms with Gasteiger partial charge in [-0.25, -0.2) is 0 Å². The van der Waals surface area contributed by atoms with Crippen molar-refractivity contribution in [2.45, 2.75) is 19.3 Å². The van der Waals surface area contributed by atoms with Gasteiger partial charge in [0.1, 0.15) is 5.69 Å². The van der Waals surface area contributed by atoms with E-state index in [0.29, 0.717) is 5.69 Å². The molecule has 1 aromatic heterocycles. The van der Waals surface area contributed by atoms with Crippen molar-refractivity contribution in [1.29, 1.82) is 0 Å². The third-order valence-corrected chi connectivity index (χ3v) is 6.10. The summed E-state index contributed by atoms with van der Waals surface area (Å²) in [5.74, 6) is 0.806. The van der Waals surface area contributed by atoms with Gasteiger partial charge >= 0.3 is 0 Å². The van der Waals surface area contributed by atoms with E-state index in [1.165, 1.54) is 18.4 Å². The van der Waals surface area contributed by atoms with Gasteiger partial charge in [-0.3, -0.25) is 9.78 Å². The van der Waals surface area contributed by atoms with E-state index in [1.807, 2.05) is 17.0 Å². The zero-order chi connectivity index (χ0) is 19.3. The van der Waals surface area contributed by atoms with Gasteiger partial charge in [0, 0.05) is 51.2 Å². The van der Waals surface area contributed by atoms with E-state index in [1.54, 1.807) is 6.20 Å². The minimum atomic E-state index is 0.0638.